The van der Waals surface area contributed by atoms with E-state index in [9.17, 15) is 4.79 Å². The first-order chi connectivity index (χ1) is 8.31. The molecular formula is C12H16N4O. The molecule has 1 aliphatic heterocycles. The molecular weight excluding hydrogens is 216 g/mol. The van der Waals surface area contributed by atoms with Gasteiger partial charge in [0.1, 0.15) is 5.82 Å². The topological polar surface area (TPSA) is 62.2 Å². The molecule has 0 saturated carbocycles. The molecule has 90 valence electrons. The van der Waals surface area contributed by atoms with Gasteiger partial charge in [0, 0.05) is 24.8 Å². The number of rotatable bonds is 2. The van der Waals surface area contributed by atoms with E-state index in [0.29, 0.717) is 11.6 Å². The van der Waals surface area contributed by atoms with Gasteiger partial charge in [-0.2, -0.15) is 0 Å². The summed E-state index contributed by atoms with van der Waals surface area (Å²) in [4.78, 5) is 15.7. The number of nitrogens with one attached hydrogen (secondary N) is 2. The summed E-state index contributed by atoms with van der Waals surface area (Å²) in [6, 6.07) is 3.09. The zero-order valence-corrected chi connectivity index (χ0v) is 9.65. The highest BCUT2D eigenvalue weighted by Gasteiger charge is 2.15. The molecule has 0 spiro atoms. The van der Waals surface area contributed by atoms with Gasteiger partial charge in [-0.05, 0) is 31.8 Å². The minimum Gasteiger partial charge on any atom is -0.316 e. The van der Waals surface area contributed by atoms with E-state index in [2.05, 4.69) is 15.4 Å². The second-order valence-electron chi connectivity index (χ2n) is 4.68. The van der Waals surface area contributed by atoms with E-state index in [1.165, 1.54) is 18.9 Å². The fourth-order valence-corrected chi connectivity index (χ4v) is 2.42. The van der Waals surface area contributed by atoms with Crippen molar-refractivity contribution in [3.63, 3.8) is 0 Å². The molecule has 0 amide bonds. The van der Waals surface area contributed by atoms with Gasteiger partial charge in [-0.3, -0.25) is 9.89 Å². The number of piperidine rings is 1. The monoisotopic (exact) mass is 232 g/mol. The Morgan fingerprint density at radius 2 is 2.47 bits per heavy atom. The zero-order chi connectivity index (χ0) is 11.7. The smallest absolute Gasteiger partial charge is 0.183 e. The van der Waals surface area contributed by atoms with Gasteiger partial charge in [0.05, 0.1) is 0 Å². The Bertz CT molecular complexity index is 565. The molecule has 2 aromatic heterocycles. The van der Waals surface area contributed by atoms with Gasteiger partial charge in [-0.25, -0.2) is 9.50 Å². The first kappa shape index (κ1) is 10.5. The van der Waals surface area contributed by atoms with E-state index in [4.69, 9.17) is 0 Å². The maximum absolute atomic E-state index is 11.2. The second-order valence-corrected chi connectivity index (χ2v) is 4.68. The molecule has 3 rings (SSSR count). The van der Waals surface area contributed by atoms with Gasteiger partial charge >= 0.3 is 0 Å². The summed E-state index contributed by atoms with van der Waals surface area (Å²) in [7, 11) is 0. The highest BCUT2D eigenvalue weighted by Crippen LogP contribution is 2.14. The molecule has 2 aromatic rings. The summed E-state index contributed by atoms with van der Waals surface area (Å²) >= 11 is 0. The Morgan fingerprint density at radius 1 is 1.53 bits per heavy atom. The maximum Gasteiger partial charge on any atom is 0.183 e. The van der Waals surface area contributed by atoms with Crippen LogP contribution in [0.4, 0.5) is 0 Å². The third-order valence-corrected chi connectivity index (χ3v) is 3.29. The molecule has 3 heterocycles. The van der Waals surface area contributed by atoms with E-state index in [-0.39, 0.29) is 5.43 Å². The largest absolute Gasteiger partial charge is 0.316 e. The van der Waals surface area contributed by atoms with Gasteiger partial charge in [0.2, 0.25) is 0 Å². The Hall–Kier alpha value is -1.62. The molecule has 1 unspecified atom stereocenters. The van der Waals surface area contributed by atoms with Crippen LogP contribution in [0.25, 0.3) is 5.65 Å². The van der Waals surface area contributed by atoms with E-state index in [1.807, 2.05) is 0 Å². The lowest BCUT2D eigenvalue weighted by Crippen LogP contribution is -2.31. The van der Waals surface area contributed by atoms with E-state index < -0.39 is 0 Å². The van der Waals surface area contributed by atoms with Crippen LogP contribution in [0.3, 0.4) is 0 Å². The predicted molar refractivity (Wildman–Crippen MR) is 65.1 cm³/mol. The predicted octanol–water partition coefficient (Wildman–Crippen LogP) is 0.565. The van der Waals surface area contributed by atoms with Crippen LogP contribution in [0.15, 0.2) is 23.1 Å². The van der Waals surface area contributed by atoms with Crippen LogP contribution in [-0.2, 0) is 6.42 Å². The highest BCUT2D eigenvalue weighted by atomic mass is 16.1. The van der Waals surface area contributed by atoms with Crippen molar-refractivity contribution in [3.8, 4) is 0 Å². The van der Waals surface area contributed by atoms with E-state index in [0.717, 1.165) is 25.3 Å². The first-order valence-corrected chi connectivity index (χ1v) is 6.09. The molecule has 0 radical (unpaired) electrons. The molecule has 1 atom stereocenters. The number of aromatic amines is 1. The number of aromatic nitrogens is 3. The highest BCUT2D eigenvalue weighted by molar-refractivity contribution is 5.36. The SMILES string of the molecule is O=c1ccn2[nH]c(CC3CCCNC3)nc2c1. The minimum atomic E-state index is 0.00221. The van der Waals surface area contributed by atoms with Crippen LogP contribution in [0.2, 0.25) is 0 Å². The third-order valence-electron chi connectivity index (χ3n) is 3.29. The third kappa shape index (κ3) is 2.24. The second kappa shape index (κ2) is 4.33. The van der Waals surface area contributed by atoms with Gasteiger partial charge in [0.25, 0.3) is 0 Å². The number of nitrogens with zero attached hydrogens (tertiary/aromatic N) is 2. The van der Waals surface area contributed by atoms with Crippen LogP contribution < -0.4 is 10.7 Å². The lowest BCUT2D eigenvalue weighted by molar-refractivity contribution is 0.371. The number of pyridine rings is 1. The van der Waals surface area contributed by atoms with Crippen LogP contribution >= 0.6 is 0 Å². The van der Waals surface area contributed by atoms with E-state index >= 15 is 0 Å². The van der Waals surface area contributed by atoms with Gasteiger partial charge in [0.15, 0.2) is 11.1 Å². The average molecular weight is 232 g/mol. The normalized spacial score (nSPS) is 20.8. The van der Waals surface area contributed by atoms with Crippen LogP contribution in [0.1, 0.15) is 18.7 Å². The average Bonchev–Trinajstić information content (AvgIpc) is 2.71. The molecule has 1 saturated heterocycles. The van der Waals surface area contributed by atoms with Crippen LogP contribution in [0.5, 0.6) is 0 Å². The summed E-state index contributed by atoms with van der Waals surface area (Å²) < 4.78 is 1.80. The maximum atomic E-state index is 11.2. The molecule has 0 aromatic carbocycles. The van der Waals surface area contributed by atoms with Crippen LogP contribution in [-0.4, -0.2) is 27.7 Å². The van der Waals surface area contributed by atoms with Gasteiger partial charge in [-0.1, -0.05) is 0 Å². The summed E-state index contributed by atoms with van der Waals surface area (Å²) in [5, 5.41) is 6.61. The quantitative estimate of drug-likeness (QED) is 0.795. The molecule has 0 bridgehead atoms. The molecule has 1 aliphatic rings. The van der Waals surface area contributed by atoms with Crippen molar-refractivity contribution in [1.82, 2.24) is 19.9 Å². The van der Waals surface area contributed by atoms with Gasteiger partial charge < -0.3 is 5.32 Å². The van der Waals surface area contributed by atoms with Crippen molar-refractivity contribution in [3.05, 3.63) is 34.4 Å². The van der Waals surface area contributed by atoms with Crippen LogP contribution in [0, 0.1) is 5.92 Å². The number of fused-ring (bicyclic) bond motifs is 1. The lowest BCUT2D eigenvalue weighted by Gasteiger charge is -2.21. The fourth-order valence-electron chi connectivity index (χ4n) is 2.42. The summed E-state index contributed by atoms with van der Waals surface area (Å²) in [5.74, 6) is 1.61. The Balaban J connectivity index is 1.82. The Labute approximate surface area is 98.9 Å². The molecule has 17 heavy (non-hydrogen) atoms. The molecule has 0 aliphatic carbocycles. The Kier molecular flexibility index (Phi) is 2.68. The zero-order valence-electron chi connectivity index (χ0n) is 9.65. The minimum absolute atomic E-state index is 0.00221. The standard InChI is InChI=1S/C12H16N4O/c17-10-3-5-16-12(7-10)14-11(15-16)6-9-2-1-4-13-8-9/h3,5,7,9,13H,1-2,4,6,8H2,(H,14,15). The van der Waals surface area contributed by atoms with Gasteiger partial charge in [-0.15, -0.1) is 0 Å². The van der Waals surface area contributed by atoms with Crippen molar-refractivity contribution in [2.45, 2.75) is 19.3 Å². The molecule has 1 fully saturated rings. The number of H-pyrrole nitrogens is 1. The van der Waals surface area contributed by atoms with Crippen molar-refractivity contribution in [1.29, 1.82) is 0 Å². The number of hydrogen-bond acceptors (Lipinski definition) is 3. The summed E-state index contributed by atoms with van der Waals surface area (Å²) in [6.45, 7) is 2.19. The van der Waals surface area contributed by atoms with Crippen molar-refractivity contribution in [2.24, 2.45) is 5.92 Å². The lowest BCUT2D eigenvalue weighted by atomic mass is 9.96. The van der Waals surface area contributed by atoms with Crippen molar-refractivity contribution in [2.75, 3.05) is 13.1 Å². The van der Waals surface area contributed by atoms with E-state index in [1.54, 1.807) is 16.8 Å². The van der Waals surface area contributed by atoms with Crippen molar-refractivity contribution < 1.29 is 0 Å². The fraction of sp³-hybridized carbons (Fsp3) is 0.500. The molecule has 5 heteroatoms. The molecule has 2 N–H and O–H groups in total. The van der Waals surface area contributed by atoms with Crippen molar-refractivity contribution >= 4 is 5.65 Å². The number of hydrogen-bond donors (Lipinski definition) is 2. The molecule has 5 nitrogen and oxygen atoms in total. The first-order valence-electron chi connectivity index (χ1n) is 6.09. The summed E-state index contributed by atoms with van der Waals surface area (Å²) in [5.41, 5.74) is 0.707. The summed E-state index contributed by atoms with van der Waals surface area (Å²) in [6.07, 6.45) is 5.17. The Morgan fingerprint density at radius 3 is 3.29 bits per heavy atom.